The highest BCUT2D eigenvalue weighted by Gasteiger charge is 2.69. The Morgan fingerprint density at radius 2 is 1.97 bits per heavy atom. The number of nitrogens with zero attached hydrogens (tertiary/aromatic N) is 6. The summed E-state index contributed by atoms with van der Waals surface area (Å²) in [6, 6.07) is 8.59. The van der Waals surface area contributed by atoms with Crippen LogP contribution in [-0.4, -0.2) is 38.5 Å². The summed E-state index contributed by atoms with van der Waals surface area (Å²) in [5.74, 6) is 1.63. The van der Waals surface area contributed by atoms with Gasteiger partial charge in [0.25, 0.3) is 0 Å². The van der Waals surface area contributed by atoms with Crippen molar-refractivity contribution >= 4 is 23.1 Å². The highest BCUT2D eigenvalue weighted by molar-refractivity contribution is 5.81. The molecule has 1 aliphatic heterocycles. The molecule has 0 radical (unpaired) electrons. The third-order valence-corrected chi connectivity index (χ3v) is 7.32. The number of nitrogens with one attached hydrogen (secondary N) is 1. The van der Waals surface area contributed by atoms with Gasteiger partial charge in [0.05, 0.1) is 30.2 Å². The quantitative estimate of drug-likeness (QED) is 0.522. The summed E-state index contributed by atoms with van der Waals surface area (Å²) < 4.78 is 13.9. The Hall–Kier alpha value is -3.95. The van der Waals surface area contributed by atoms with Crippen molar-refractivity contribution in [3.8, 4) is 23.8 Å². The molecule has 0 unspecified atom stereocenters. The molecule has 9 heteroatoms. The fraction of sp³-hybridized carbons (Fsp3) is 0.423. The third-order valence-electron chi connectivity index (χ3n) is 7.32. The van der Waals surface area contributed by atoms with Crippen molar-refractivity contribution in [2.45, 2.75) is 51.1 Å². The summed E-state index contributed by atoms with van der Waals surface area (Å²) in [5.41, 5.74) is 3.11. The van der Waals surface area contributed by atoms with Crippen LogP contribution in [0.25, 0.3) is 17.1 Å². The van der Waals surface area contributed by atoms with Crippen LogP contribution < -0.4 is 10.1 Å². The number of aromatic nitrogens is 4. The standard InChI is InChI=1S/C26H25N7O2/c1-16-8-18(4-3-6-27)9-17(2)21(16)35-23-20-10-33(19-5-7-34-11-19)32-22(20)29-24(30-23)31-26-12-25(13-26,14-26)15-28/h3-4,8-10,19H,5,7,11-14H2,1-2H3,(H,29,31,32)/b4-3+/t19-,25?,26?/m1/s1. The molecule has 3 aliphatic carbocycles. The van der Waals surface area contributed by atoms with Crippen molar-refractivity contribution in [2.75, 3.05) is 18.5 Å². The molecule has 3 saturated carbocycles. The minimum atomic E-state index is -0.170. The first-order valence-electron chi connectivity index (χ1n) is 11.8. The first-order valence-corrected chi connectivity index (χ1v) is 11.8. The van der Waals surface area contributed by atoms with Crippen molar-refractivity contribution in [3.63, 3.8) is 0 Å². The van der Waals surface area contributed by atoms with E-state index in [1.807, 2.05) is 42.9 Å². The number of ether oxygens (including phenoxy) is 2. The lowest BCUT2D eigenvalue weighted by Crippen LogP contribution is -2.70. The van der Waals surface area contributed by atoms with Gasteiger partial charge in [-0.25, -0.2) is 0 Å². The van der Waals surface area contributed by atoms with Crippen molar-refractivity contribution in [1.82, 2.24) is 19.7 Å². The second-order valence-corrected chi connectivity index (χ2v) is 10.1. The minimum Gasteiger partial charge on any atom is -0.437 e. The summed E-state index contributed by atoms with van der Waals surface area (Å²) in [7, 11) is 0. The van der Waals surface area contributed by atoms with Gasteiger partial charge in [-0.15, -0.1) is 0 Å². The number of hydrogen-bond acceptors (Lipinski definition) is 8. The van der Waals surface area contributed by atoms with Gasteiger partial charge in [-0.3, -0.25) is 4.68 Å². The maximum absolute atomic E-state index is 9.37. The smallest absolute Gasteiger partial charge is 0.235 e. The molecular formula is C26H25N7O2. The molecule has 3 heterocycles. The van der Waals surface area contributed by atoms with Gasteiger partial charge in [0.2, 0.25) is 11.8 Å². The number of nitriles is 2. The van der Waals surface area contributed by atoms with Crippen molar-refractivity contribution in [2.24, 2.45) is 5.41 Å². The lowest BCUT2D eigenvalue weighted by atomic mass is 9.40. The fourth-order valence-electron chi connectivity index (χ4n) is 5.70. The van der Waals surface area contributed by atoms with E-state index < -0.39 is 0 Å². The normalized spacial score (nSPS) is 26.7. The van der Waals surface area contributed by atoms with Gasteiger partial charge >= 0.3 is 0 Å². The van der Waals surface area contributed by atoms with E-state index in [0.717, 1.165) is 60.1 Å². The Kier molecular flexibility index (Phi) is 4.80. The lowest BCUT2D eigenvalue weighted by molar-refractivity contribution is -0.0665. The molecule has 2 bridgehead atoms. The van der Waals surface area contributed by atoms with Crippen LogP contribution >= 0.6 is 0 Å². The molecule has 1 N–H and O–H groups in total. The van der Waals surface area contributed by atoms with E-state index in [1.165, 1.54) is 6.08 Å². The first-order chi connectivity index (χ1) is 16.9. The van der Waals surface area contributed by atoms with Gasteiger partial charge in [0, 0.05) is 24.4 Å². The number of hydrogen-bond donors (Lipinski definition) is 1. The summed E-state index contributed by atoms with van der Waals surface area (Å²) in [4.78, 5) is 9.47. The monoisotopic (exact) mass is 467 g/mol. The van der Waals surface area contributed by atoms with Gasteiger partial charge in [-0.05, 0) is 74.4 Å². The number of anilines is 1. The van der Waals surface area contributed by atoms with Crippen molar-refractivity contribution in [1.29, 1.82) is 10.5 Å². The van der Waals surface area contributed by atoms with E-state index in [2.05, 4.69) is 11.4 Å². The van der Waals surface area contributed by atoms with Crippen LogP contribution in [0.1, 0.15) is 48.4 Å². The highest BCUT2D eigenvalue weighted by Crippen LogP contribution is 2.67. The fourth-order valence-corrected chi connectivity index (χ4v) is 5.70. The Morgan fingerprint density at radius 1 is 1.20 bits per heavy atom. The largest absolute Gasteiger partial charge is 0.437 e. The zero-order valence-corrected chi connectivity index (χ0v) is 19.7. The van der Waals surface area contributed by atoms with Crippen LogP contribution in [0.5, 0.6) is 11.6 Å². The van der Waals surface area contributed by atoms with Crippen LogP contribution in [0, 0.1) is 41.9 Å². The molecule has 1 atom stereocenters. The Morgan fingerprint density at radius 3 is 2.63 bits per heavy atom. The van der Waals surface area contributed by atoms with Gasteiger partial charge in [-0.2, -0.15) is 25.6 Å². The van der Waals surface area contributed by atoms with Crippen LogP contribution in [0.3, 0.4) is 0 Å². The molecule has 4 fully saturated rings. The molecule has 1 aromatic carbocycles. The molecule has 176 valence electrons. The molecule has 1 saturated heterocycles. The number of fused-ring (bicyclic) bond motifs is 1. The zero-order chi connectivity index (χ0) is 24.2. The summed E-state index contributed by atoms with van der Waals surface area (Å²) in [6.07, 6.45) is 8.53. The second kappa shape index (κ2) is 7.79. The number of benzene rings is 1. The average molecular weight is 468 g/mol. The number of allylic oxidation sites excluding steroid dienone is 1. The summed E-state index contributed by atoms with van der Waals surface area (Å²) in [6.45, 7) is 5.30. The third kappa shape index (κ3) is 3.60. The molecule has 9 nitrogen and oxygen atoms in total. The minimum absolute atomic E-state index is 0.108. The Balaban J connectivity index is 1.37. The maximum atomic E-state index is 9.37. The van der Waals surface area contributed by atoms with Crippen molar-refractivity contribution in [3.05, 3.63) is 41.1 Å². The molecule has 0 amide bonds. The number of rotatable bonds is 6. The molecular weight excluding hydrogens is 442 g/mol. The Labute approximate surface area is 203 Å². The lowest BCUT2D eigenvalue weighted by Gasteiger charge is -2.66. The van der Waals surface area contributed by atoms with Crippen LogP contribution in [0.2, 0.25) is 0 Å². The van der Waals surface area contributed by atoms with Crippen LogP contribution in [0.15, 0.2) is 24.4 Å². The highest BCUT2D eigenvalue weighted by atomic mass is 16.5. The predicted molar refractivity (Wildman–Crippen MR) is 129 cm³/mol. The van der Waals surface area contributed by atoms with E-state index >= 15 is 0 Å². The molecule has 3 aromatic rings. The predicted octanol–water partition coefficient (Wildman–Crippen LogP) is 4.59. The molecule has 7 rings (SSSR count). The van der Waals surface area contributed by atoms with E-state index in [1.54, 1.807) is 6.08 Å². The van der Waals surface area contributed by atoms with Gasteiger partial charge < -0.3 is 14.8 Å². The first kappa shape index (κ1) is 21.6. The van der Waals surface area contributed by atoms with Crippen LogP contribution in [0.4, 0.5) is 5.95 Å². The van der Waals surface area contributed by atoms with Gasteiger partial charge in [0.15, 0.2) is 5.65 Å². The van der Waals surface area contributed by atoms with Crippen molar-refractivity contribution < 1.29 is 9.47 Å². The maximum Gasteiger partial charge on any atom is 0.235 e. The number of aryl methyl sites for hydroxylation is 2. The topological polar surface area (TPSA) is 122 Å². The van der Waals surface area contributed by atoms with E-state index in [-0.39, 0.29) is 17.0 Å². The van der Waals surface area contributed by atoms with E-state index in [9.17, 15) is 5.26 Å². The average Bonchev–Trinajstić information content (AvgIpc) is 3.46. The van der Waals surface area contributed by atoms with Crippen LogP contribution in [-0.2, 0) is 4.74 Å². The van der Waals surface area contributed by atoms with E-state index in [4.69, 9.17) is 29.8 Å². The van der Waals surface area contributed by atoms with Gasteiger partial charge in [0.1, 0.15) is 11.1 Å². The SMILES string of the molecule is Cc1cc(/C=C/C#N)cc(C)c1Oc1nc(NC23CC(C#N)(C2)C3)nc2nn([C@@H]3CCOC3)cc12. The van der Waals surface area contributed by atoms with E-state index in [0.29, 0.717) is 24.1 Å². The summed E-state index contributed by atoms with van der Waals surface area (Å²) in [5, 5.41) is 27.2. The molecule has 35 heavy (non-hydrogen) atoms. The molecule has 0 spiro atoms. The van der Waals surface area contributed by atoms with Gasteiger partial charge in [-0.1, -0.05) is 0 Å². The second-order valence-electron chi connectivity index (χ2n) is 10.1. The zero-order valence-electron chi connectivity index (χ0n) is 19.7. The Bertz CT molecular complexity index is 1410. The molecule has 2 aromatic heterocycles. The molecule has 4 aliphatic rings. The summed E-state index contributed by atoms with van der Waals surface area (Å²) >= 11 is 0.